The first-order chi connectivity index (χ1) is 10.8. The van der Waals surface area contributed by atoms with Crippen LogP contribution < -0.4 is 4.74 Å². The molecular weight excluding hydrogens is 295 g/mol. The maximum atomic E-state index is 13.5. The summed E-state index contributed by atoms with van der Waals surface area (Å²) in [5.41, 5.74) is 4.31. The molecule has 1 N–H and O–H groups in total. The monoisotopic (exact) mass is 316 g/mol. The number of carboxylic acid groups (broad SMARTS) is 1. The molecule has 122 valence electrons. The number of benzene rings is 2. The van der Waals surface area contributed by atoms with E-state index in [0.29, 0.717) is 11.3 Å². The van der Waals surface area contributed by atoms with Crippen molar-refractivity contribution in [2.75, 3.05) is 7.11 Å². The molecule has 0 heterocycles. The van der Waals surface area contributed by atoms with E-state index in [1.807, 2.05) is 32.9 Å². The summed E-state index contributed by atoms with van der Waals surface area (Å²) in [6, 6.07) is 8.12. The number of hydrogen-bond acceptors (Lipinski definition) is 2. The van der Waals surface area contributed by atoms with E-state index < -0.39 is 17.7 Å². The quantitative estimate of drug-likeness (QED) is 0.900. The molecule has 0 aliphatic rings. The molecule has 0 bridgehead atoms. The highest BCUT2D eigenvalue weighted by Crippen LogP contribution is 2.31. The zero-order valence-corrected chi connectivity index (χ0v) is 13.8. The van der Waals surface area contributed by atoms with Gasteiger partial charge in [-0.1, -0.05) is 17.7 Å². The highest BCUT2D eigenvalue weighted by atomic mass is 19.1. The van der Waals surface area contributed by atoms with Crippen molar-refractivity contribution >= 4 is 5.97 Å². The van der Waals surface area contributed by atoms with Gasteiger partial charge in [0.15, 0.2) is 0 Å². The van der Waals surface area contributed by atoms with Crippen molar-refractivity contribution in [3.05, 3.63) is 64.0 Å². The number of carboxylic acids is 1. The topological polar surface area (TPSA) is 46.5 Å². The van der Waals surface area contributed by atoms with Crippen molar-refractivity contribution < 1.29 is 19.0 Å². The molecule has 0 saturated carbocycles. The largest absolute Gasteiger partial charge is 0.496 e. The summed E-state index contributed by atoms with van der Waals surface area (Å²) in [5.74, 6) is -1.57. The number of halogens is 1. The van der Waals surface area contributed by atoms with Crippen molar-refractivity contribution in [3.63, 3.8) is 0 Å². The first kappa shape index (κ1) is 17.0. The van der Waals surface area contributed by atoms with E-state index in [4.69, 9.17) is 4.74 Å². The predicted octanol–water partition coefficient (Wildman–Crippen LogP) is 4.17. The zero-order chi connectivity index (χ0) is 17.1. The molecule has 2 aromatic rings. The molecule has 0 aromatic heterocycles. The first-order valence-corrected chi connectivity index (χ1v) is 7.46. The Bertz CT molecular complexity index is 714. The Labute approximate surface area is 135 Å². The maximum absolute atomic E-state index is 13.5. The van der Waals surface area contributed by atoms with Gasteiger partial charge >= 0.3 is 5.97 Å². The molecule has 0 radical (unpaired) electrons. The Morgan fingerprint density at radius 2 is 1.78 bits per heavy atom. The van der Waals surface area contributed by atoms with Gasteiger partial charge in [0.05, 0.1) is 13.0 Å². The van der Waals surface area contributed by atoms with E-state index in [1.165, 1.54) is 25.3 Å². The minimum atomic E-state index is -0.925. The molecular formula is C19H21FO3. The predicted molar refractivity (Wildman–Crippen MR) is 87.7 cm³/mol. The number of methoxy groups -OCH3 is 1. The minimum Gasteiger partial charge on any atom is -0.496 e. The summed E-state index contributed by atoms with van der Waals surface area (Å²) in [4.78, 5) is 11.8. The molecule has 1 atom stereocenters. The van der Waals surface area contributed by atoms with Gasteiger partial charge in [-0.05, 0) is 67.6 Å². The number of carbonyl (C=O) groups is 1. The fourth-order valence-corrected chi connectivity index (χ4v) is 3.18. The lowest BCUT2D eigenvalue weighted by molar-refractivity contribution is -0.138. The van der Waals surface area contributed by atoms with Crippen LogP contribution in [0, 0.1) is 26.6 Å². The van der Waals surface area contributed by atoms with Crippen molar-refractivity contribution in [1.82, 2.24) is 0 Å². The second kappa shape index (κ2) is 6.82. The normalized spacial score (nSPS) is 12.0. The fourth-order valence-electron chi connectivity index (χ4n) is 3.18. The van der Waals surface area contributed by atoms with Gasteiger partial charge in [0.2, 0.25) is 0 Å². The number of ether oxygens (including phenoxy) is 1. The molecule has 0 fully saturated rings. The van der Waals surface area contributed by atoms with Crippen LogP contribution in [0.4, 0.5) is 4.39 Å². The molecule has 0 aliphatic carbocycles. The Balaban J connectivity index is 2.50. The molecule has 23 heavy (non-hydrogen) atoms. The van der Waals surface area contributed by atoms with E-state index in [9.17, 15) is 14.3 Å². The van der Waals surface area contributed by atoms with Gasteiger partial charge in [-0.2, -0.15) is 0 Å². The third kappa shape index (κ3) is 3.70. The van der Waals surface area contributed by atoms with Crippen LogP contribution in [0.1, 0.15) is 33.7 Å². The summed E-state index contributed by atoms with van der Waals surface area (Å²) in [7, 11) is 1.49. The number of aliphatic carboxylic acids is 1. The van der Waals surface area contributed by atoms with Crippen molar-refractivity contribution in [1.29, 1.82) is 0 Å². The van der Waals surface area contributed by atoms with Crippen LogP contribution in [0.15, 0.2) is 30.3 Å². The lowest BCUT2D eigenvalue weighted by Crippen LogP contribution is -2.17. The van der Waals surface area contributed by atoms with Gasteiger partial charge in [-0.25, -0.2) is 4.39 Å². The van der Waals surface area contributed by atoms with Gasteiger partial charge in [-0.15, -0.1) is 0 Å². The van der Waals surface area contributed by atoms with Gasteiger partial charge < -0.3 is 9.84 Å². The molecule has 3 nitrogen and oxygen atoms in total. The summed E-state index contributed by atoms with van der Waals surface area (Å²) in [6.07, 6.45) is 0.182. The smallest absolute Gasteiger partial charge is 0.311 e. The summed E-state index contributed by atoms with van der Waals surface area (Å²) < 4.78 is 18.8. The maximum Gasteiger partial charge on any atom is 0.311 e. The van der Waals surface area contributed by atoms with E-state index in [2.05, 4.69) is 0 Å². The zero-order valence-electron chi connectivity index (χ0n) is 13.8. The summed E-state index contributed by atoms with van der Waals surface area (Å²) >= 11 is 0. The second-order valence-electron chi connectivity index (χ2n) is 5.86. The number of rotatable bonds is 5. The molecule has 4 heteroatoms. The average Bonchev–Trinajstić information content (AvgIpc) is 2.45. The average molecular weight is 316 g/mol. The SMILES string of the molecule is COc1ccc(F)cc1CC(C(=O)O)c1c(C)cc(C)cc1C. The summed E-state index contributed by atoms with van der Waals surface area (Å²) in [5, 5.41) is 9.70. The number of aryl methyl sites for hydroxylation is 3. The first-order valence-electron chi connectivity index (χ1n) is 7.46. The van der Waals surface area contributed by atoms with Crippen molar-refractivity contribution in [2.24, 2.45) is 0 Å². The third-order valence-corrected chi connectivity index (χ3v) is 4.05. The molecule has 0 amide bonds. The van der Waals surface area contributed by atoms with Crippen LogP contribution in [0.2, 0.25) is 0 Å². The lowest BCUT2D eigenvalue weighted by Gasteiger charge is -2.20. The Morgan fingerprint density at radius 1 is 1.17 bits per heavy atom. The molecule has 0 spiro atoms. The number of hydrogen-bond donors (Lipinski definition) is 1. The van der Waals surface area contributed by atoms with E-state index in [1.54, 1.807) is 0 Å². The second-order valence-corrected chi connectivity index (χ2v) is 5.86. The molecule has 2 rings (SSSR count). The van der Waals surface area contributed by atoms with E-state index >= 15 is 0 Å². The van der Waals surface area contributed by atoms with E-state index in [0.717, 1.165) is 22.3 Å². The standard InChI is InChI=1S/C19H21FO3/c1-11-7-12(2)18(13(3)8-11)16(19(21)22)10-14-9-15(20)5-6-17(14)23-4/h5-9,16H,10H2,1-4H3,(H,21,22). The van der Waals surface area contributed by atoms with Crippen LogP contribution in [-0.2, 0) is 11.2 Å². The van der Waals surface area contributed by atoms with Crippen LogP contribution in [-0.4, -0.2) is 18.2 Å². The highest BCUT2D eigenvalue weighted by molar-refractivity contribution is 5.78. The van der Waals surface area contributed by atoms with E-state index in [-0.39, 0.29) is 6.42 Å². The molecule has 0 aliphatic heterocycles. The lowest BCUT2D eigenvalue weighted by atomic mass is 9.85. The molecule has 1 unspecified atom stereocenters. The Morgan fingerprint density at radius 3 is 2.30 bits per heavy atom. The molecule has 2 aromatic carbocycles. The van der Waals surface area contributed by atoms with Crippen LogP contribution in [0.3, 0.4) is 0 Å². The van der Waals surface area contributed by atoms with Gasteiger partial charge in [0.25, 0.3) is 0 Å². The van der Waals surface area contributed by atoms with Crippen molar-refractivity contribution in [3.8, 4) is 5.75 Å². The van der Waals surface area contributed by atoms with Gasteiger partial charge in [0.1, 0.15) is 11.6 Å². The Hall–Kier alpha value is -2.36. The van der Waals surface area contributed by atoms with Crippen LogP contribution in [0.5, 0.6) is 5.75 Å². The van der Waals surface area contributed by atoms with Gasteiger partial charge in [-0.3, -0.25) is 4.79 Å². The minimum absolute atomic E-state index is 0.182. The Kier molecular flexibility index (Phi) is 5.04. The fraction of sp³-hybridized carbons (Fsp3) is 0.316. The summed E-state index contributed by atoms with van der Waals surface area (Å²) in [6.45, 7) is 5.80. The van der Waals surface area contributed by atoms with Gasteiger partial charge in [0, 0.05) is 0 Å². The van der Waals surface area contributed by atoms with Crippen LogP contribution in [0.25, 0.3) is 0 Å². The highest BCUT2D eigenvalue weighted by Gasteiger charge is 2.25. The molecule has 0 saturated heterocycles. The third-order valence-electron chi connectivity index (χ3n) is 4.05. The van der Waals surface area contributed by atoms with Crippen LogP contribution >= 0.6 is 0 Å². The van der Waals surface area contributed by atoms with Crippen molar-refractivity contribution in [2.45, 2.75) is 33.1 Å².